The zero-order valence-corrected chi connectivity index (χ0v) is 11.6. The van der Waals surface area contributed by atoms with Gasteiger partial charge in [0.2, 0.25) is 0 Å². The molecule has 3 fully saturated rings. The Morgan fingerprint density at radius 3 is 2.47 bits per heavy atom. The van der Waals surface area contributed by atoms with Gasteiger partial charge in [-0.25, -0.2) is 0 Å². The summed E-state index contributed by atoms with van der Waals surface area (Å²) >= 11 is 0. The van der Waals surface area contributed by atoms with Crippen LogP contribution in [0.5, 0.6) is 0 Å². The molecule has 1 unspecified atom stereocenters. The fourth-order valence-corrected chi connectivity index (χ4v) is 4.27. The molecular formula is C15H25NO3. The Hall–Kier alpha value is -0.610. The fourth-order valence-electron chi connectivity index (χ4n) is 4.27. The quantitative estimate of drug-likeness (QED) is 0.824. The predicted octanol–water partition coefficient (Wildman–Crippen LogP) is 2.32. The lowest BCUT2D eigenvalue weighted by Gasteiger charge is -2.36. The van der Waals surface area contributed by atoms with E-state index >= 15 is 0 Å². The second-order valence-electron chi connectivity index (χ2n) is 6.71. The number of rotatable bonds is 3. The summed E-state index contributed by atoms with van der Waals surface area (Å²) in [4.78, 5) is 11.7. The normalized spacial score (nSPS) is 32.7. The number of nitrogens with one attached hydrogen (secondary N) is 1. The Morgan fingerprint density at radius 2 is 1.84 bits per heavy atom. The lowest BCUT2D eigenvalue weighted by Crippen LogP contribution is -2.44. The van der Waals surface area contributed by atoms with Gasteiger partial charge in [-0.05, 0) is 58.0 Å². The summed E-state index contributed by atoms with van der Waals surface area (Å²) < 4.78 is 6.30. The summed E-state index contributed by atoms with van der Waals surface area (Å²) in [6.45, 7) is 1.65. The lowest BCUT2D eigenvalue weighted by atomic mass is 9.74. The van der Waals surface area contributed by atoms with E-state index in [1.165, 1.54) is 25.7 Å². The number of carboxylic acid groups (broad SMARTS) is 1. The van der Waals surface area contributed by atoms with E-state index in [1.54, 1.807) is 0 Å². The Balaban J connectivity index is 1.65. The van der Waals surface area contributed by atoms with Gasteiger partial charge >= 0.3 is 5.97 Å². The van der Waals surface area contributed by atoms with Gasteiger partial charge in [-0.2, -0.15) is 0 Å². The van der Waals surface area contributed by atoms with Crippen molar-refractivity contribution in [3.8, 4) is 0 Å². The van der Waals surface area contributed by atoms with Crippen molar-refractivity contribution < 1.29 is 14.6 Å². The lowest BCUT2D eigenvalue weighted by molar-refractivity contribution is -0.154. The summed E-state index contributed by atoms with van der Waals surface area (Å²) in [5.74, 6) is -0.620. The Kier molecular flexibility index (Phi) is 3.56. The maximum Gasteiger partial charge on any atom is 0.309 e. The van der Waals surface area contributed by atoms with Crippen LogP contribution in [-0.4, -0.2) is 35.9 Å². The zero-order chi connectivity index (χ0) is 13.3. The molecule has 1 atom stereocenters. The molecule has 4 heteroatoms. The first kappa shape index (κ1) is 13.4. The van der Waals surface area contributed by atoms with Crippen molar-refractivity contribution in [2.45, 2.75) is 69.5 Å². The molecule has 1 aliphatic carbocycles. The van der Waals surface area contributed by atoms with Crippen LogP contribution >= 0.6 is 0 Å². The average molecular weight is 267 g/mol. The van der Waals surface area contributed by atoms with Crippen molar-refractivity contribution >= 4 is 5.97 Å². The topological polar surface area (TPSA) is 58.6 Å². The van der Waals surface area contributed by atoms with E-state index in [2.05, 4.69) is 5.32 Å². The summed E-state index contributed by atoms with van der Waals surface area (Å²) in [5.41, 5.74) is -0.419. The minimum Gasteiger partial charge on any atom is -0.481 e. The molecule has 1 saturated carbocycles. The number of carboxylic acids is 1. The van der Waals surface area contributed by atoms with Crippen LogP contribution in [0.1, 0.15) is 57.8 Å². The SMILES string of the molecule is O=C(O)C1(CC2CCC3(CCCC3)O2)CCNCC1. The molecule has 3 aliphatic rings. The number of piperidine rings is 1. The molecule has 2 saturated heterocycles. The number of hydrogen-bond acceptors (Lipinski definition) is 3. The van der Waals surface area contributed by atoms with Crippen LogP contribution in [0.15, 0.2) is 0 Å². The first-order chi connectivity index (χ1) is 9.14. The van der Waals surface area contributed by atoms with Crippen LogP contribution in [0.4, 0.5) is 0 Å². The van der Waals surface area contributed by atoms with Crippen molar-refractivity contribution in [2.24, 2.45) is 5.41 Å². The predicted molar refractivity (Wildman–Crippen MR) is 72.1 cm³/mol. The van der Waals surface area contributed by atoms with Crippen molar-refractivity contribution in [1.29, 1.82) is 0 Å². The molecule has 2 aliphatic heterocycles. The van der Waals surface area contributed by atoms with Crippen molar-refractivity contribution in [2.75, 3.05) is 13.1 Å². The summed E-state index contributed by atoms with van der Waals surface area (Å²) in [7, 11) is 0. The van der Waals surface area contributed by atoms with E-state index in [0.29, 0.717) is 6.42 Å². The van der Waals surface area contributed by atoms with Crippen LogP contribution in [0.3, 0.4) is 0 Å². The van der Waals surface area contributed by atoms with E-state index in [-0.39, 0.29) is 11.7 Å². The van der Waals surface area contributed by atoms with Crippen molar-refractivity contribution in [1.82, 2.24) is 5.32 Å². The molecule has 2 heterocycles. The van der Waals surface area contributed by atoms with E-state index in [1.807, 2.05) is 0 Å². The van der Waals surface area contributed by atoms with E-state index in [0.717, 1.165) is 38.8 Å². The molecule has 1 spiro atoms. The third-order valence-corrected chi connectivity index (χ3v) is 5.49. The highest BCUT2D eigenvalue weighted by Crippen LogP contribution is 2.47. The minimum atomic E-state index is -0.620. The second kappa shape index (κ2) is 5.06. The van der Waals surface area contributed by atoms with Gasteiger partial charge in [0, 0.05) is 0 Å². The third kappa shape index (κ3) is 2.52. The standard InChI is InChI=1S/C15H25NO3/c17-13(18)14(7-9-16-10-8-14)11-12-3-6-15(19-12)4-1-2-5-15/h12,16H,1-11H2,(H,17,18). The average Bonchev–Trinajstić information content (AvgIpc) is 3.01. The number of aliphatic carboxylic acids is 1. The minimum absolute atomic E-state index is 0.122. The molecule has 108 valence electrons. The third-order valence-electron chi connectivity index (χ3n) is 5.49. The van der Waals surface area contributed by atoms with Gasteiger partial charge in [0.1, 0.15) is 0 Å². The van der Waals surface area contributed by atoms with Crippen LogP contribution in [0.2, 0.25) is 0 Å². The molecule has 0 radical (unpaired) electrons. The van der Waals surface area contributed by atoms with Crippen LogP contribution in [0.25, 0.3) is 0 Å². The van der Waals surface area contributed by atoms with Gasteiger partial charge in [0.05, 0.1) is 17.1 Å². The molecule has 0 aromatic heterocycles. The summed E-state index contributed by atoms with van der Waals surface area (Å²) in [6, 6.07) is 0. The fraction of sp³-hybridized carbons (Fsp3) is 0.933. The van der Waals surface area contributed by atoms with Gasteiger partial charge in [-0.15, -0.1) is 0 Å². The first-order valence-corrected chi connectivity index (χ1v) is 7.76. The molecule has 4 nitrogen and oxygen atoms in total. The van der Waals surface area contributed by atoms with Gasteiger partial charge in [0.15, 0.2) is 0 Å². The first-order valence-electron chi connectivity index (χ1n) is 7.76. The Bertz CT molecular complexity index is 343. The molecule has 0 amide bonds. The largest absolute Gasteiger partial charge is 0.481 e. The van der Waals surface area contributed by atoms with Gasteiger partial charge in [-0.1, -0.05) is 12.8 Å². The van der Waals surface area contributed by atoms with Crippen LogP contribution in [-0.2, 0) is 9.53 Å². The molecule has 2 N–H and O–H groups in total. The molecule has 0 bridgehead atoms. The number of hydrogen-bond donors (Lipinski definition) is 2. The van der Waals surface area contributed by atoms with Crippen molar-refractivity contribution in [3.63, 3.8) is 0 Å². The van der Waals surface area contributed by atoms with Gasteiger partial charge in [0.25, 0.3) is 0 Å². The molecule has 3 rings (SSSR count). The Labute approximate surface area is 114 Å². The van der Waals surface area contributed by atoms with E-state index < -0.39 is 11.4 Å². The van der Waals surface area contributed by atoms with Crippen molar-refractivity contribution in [3.05, 3.63) is 0 Å². The maximum atomic E-state index is 11.7. The highest BCUT2D eigenvalue weighted by molar-refractivity contribution is 5.74. The number of ether oxygens (including phenoxy) is 1. The number of carbonyl (C=O) groups is 1. The highest BCUT2D eigenvalue weighted by atomic mass is 16.5. The summed E-state index contributed by atoms with van der Waals surface area (Å²) in [6.07, 6.45) is 9.51. The van der Waals surface area contributed by atoms with E-state index in [4.69, 9.17) is 4.74 Å². The smallest absolute Gasteiger partial charge is 0.309 e. The van der Waals surface area contributed by atoms with Gasteiger partial charge in [-0.3, -0.25) is 4.79 Å². The monoisotopic (exact) mass is 267 g/mol. The zero-order valence-electron chi connectivity index (χ0n) is 11.6. The second-order valence-corrected chi connectivity index (χ2v) is 6.71. The highest BCUT2D eigenvalue weighted by Gasteiger charge is 2.47. The molecule has 19 heavy (non-hydrogen) atoms. The van der Waals surface area contributed by atoms with Gasteiger partial charge < -0.3 is 15.2 Å². The summed E-state index contributed by atoms with van der Waals surface area (Å²) in [5, 5.41) is 12.9. The van der Waals surface area contributed by atoms with Crippen LogP contribution in [0, 0.1) is 5.41 Å². The molecule has 0 aromatic carbocycles. The maximum absolute atomic E-state index is 11.7. The van der Waals surface area contributed by atoms with Crippen LogP contribution < -0.4 is 5.32 Å². The molecule has 0 aromatic rings. The van der Waals surface area contributed by atoms with E-state index in [9.17, 15) is 9.90 Å². The molecular weight excluding hydrogens is 242 g/mol. The Morgan fingerprint density at radius 1 is 1.16 bits per heavy atom.